The minimum atomic E-state index is -0.640. The van der Waals surface area contributed by atoms with Gasteiger partial charge in [0, 0.05) is 17.3 Å². The predicted molar refractivity (Wildman–Crippen MR) is 144 cm³/mol. The molecule has 3 amide bonds. The molecule has 0 radical (unpaired) electrons. The van der Waals surface area contributed by atoms with Crippen LogP contribution in [0.4, 0.5) is 20.6 Å². The molecule has 1 fully saturated rings. The molecule has 36 heavy (non-hydrogen) atoms. The Bertz CT molecular complexity index is 1270. The second-order valence-electron chi connectivity index (χ2n) is 10.4. The van der Waals surface area contributed by atoms with Crippen LogP contribution in [-0.2, 0) is 9.59 Å². The van der Waals surface area contributed by atoms with Gasteiger partial charge in [0.05, 0.1) is 10.6 Å². The van der Waals surface area contributed by atoms with Crippen LogP contribution in [0.1, 0.15) is 63.6 Å². The van der Waals surface area contributed by atoms with E-state index >= 15 is 0 Å². The molecule has 2 heterocycles. The maximum absolute atomic E-state index is 13.8. The van der Waals surface area contributed by atoms with Crippen molar-refractivity contribution in [1.29, 1.82) is 0 Å². The molecule has 0 unspecified atom stereocenters. The molecule has 1 atom stereocenters. The summed E-state index contributed by atoms with van der Waals surface area (Å²) in [6.07, 6.45) is 2.75. The maximum Gasteiger partial charge on any atom is 0.294 e. The number of amides is 3. The number of fused-ring (bicyclic) bond motifs is 1. The number of halogens is 1. The van der Waals surface area contributed by atoms with Crippen molar-refractivity contribution in [3.63, 3.8) is 0 Å². The number of nitrogens with zero attached hydrogens (tertiary/aromatic N) is 2. The zero-order valence-corrected chi connectivity index (χ0v) is 22.3. The molecule has 8 heteroatoms. The van der Waals surface area contributed by atoms with Crippen molar-refractivity contribution in [3.8, 4) is 0 Å². The van der Waals surface area contributed by atoms with Crippen LogP contribution in [0.15, 0.2) is 41.3 Å². The molecule has 0 bridgehead atoms. The lowest BCUT2D eigenvalue weighted by Gasteiger charge is -2.50. The number of rotatable bonds is 5. The summed E-state index contributed by atoms with van der Waals surface area (Å²) >= 11 is 0.814. The van der Waals surface area contributed by atoms with Crippen molar-refractivity contribution in [2.45, 2.75) is 65.5 Å². The van der Waals surface area contributed by atoms with Gasteiger partial charge in [-0.15, -0.1) is 0 Å². The van der Waals surface area contributed by atoms with Gasteiger partial charge in [-0.05, 0) is 106 Å². The smallest absolute Gasteiger partial charge is 0.294 e. The monoisotopic (exact) mass is 509 g/mol. The van der Waals surface area contributed by atoms with Crippen LogP contribution >= 0.6 is 11.8 Å². The van der Waals surface area contributed by atoms with Gasteiger partial charge in [0.1, 0.15) is 12.4 Å². The fourth-order valence-corrected chi connectivity index (χ4v) is 6.25. The zero-order chi connectivity index (χ0) is 26.4. The Hall–Kier alpha value is -3.13. The number of nitrogens with one attached hydrogen (secondary N) is 1. The lowest BCUT2D eigenvalue weighted by molar-refractivity contribution is -0.127. The predicted octanol–water partition coefficient (Wildman–Crippen LogP) is 6.31. The van der Waals surface area contributed by atoms with Crippen LogP contribution in [0.5, 0.6) is 0 Å². The van der Waals surface area contributed by atoms with Gasteiger partial charge in [0.25, 0.3) is 11.1 Å². The van der Waals surface area contributed by atoms with Crippen molar-refractivity contribution < 1.29 is 18.8 Å². The second kappa shape index (κ2) is 9.73. The zero-order valence-electron chi connectivity index (χ0n) is 21.5. The van der Waals surface area contributed by atoms with Crippen LogP contribution in [-0.4, -0.2) is 40.1 Å². The lowest BCUT2D eigenvalue weighted by atomic mass is 9.78. The van der Waals surface area contributed by atoms with E-state index in [-0.39, 0.29) is 16.1 Å². The summed E-state index contributed by atoms with van der Waals surface area (Å²) in [5.41, 5.74) is 4.35. The highest BCUT2D eigenvalue weighted by molar-refractivity contribution is 8.18. The van der Waals surface area contributed by atoms with Gasteiger partial charge < -0.3 is 10.2 Å². The molecule has 2 aliphatic heterocycles. The van der Waals surface area contributed by atoms with E-state index in [0.717, 1.165) is 34.2 Å². The number of anilines is 2. The Labute approximate surface area is 215 Å². The summed E-state index contributed by atoms with van der Waals surface area (Å²) in [7, 11) is 0. The molecule has 6 nitrogen and oxygen atoms in total. The molecular weight excluding hydrogens is 477 g/mol. The van der Waals surface area contributed by atoms with Gasteiger partial charge in [-0.1, -0.05) is 19.1 Å². The van der Waals surface area contributed by atoms with Crippen LogP contribution in [0.3, 0.4) is 0 Å². The molecular formula is C28H32FN3O3S. The third-order valence-electron chi connectivity index (χ3n) is 6.79. The van der Waals surface area contributed by atoms with Crippen molar-refractivity contribution in [3.05, 3.63) is 63.8 Å². The number of thioether (sulfide) groups is 1. The van der Waals surface area contributed by atoms with E-state index < -0.39 is 29.4 Å². The fraction of sp³-hybridized carbons (Fsp3) is 0.393. The van der Waals surface area contributed by atoms with Gasteiger partial charge in [0.2, 0.25) is 5.91 Å². The Kier molecular flexibility index (Phi) is 7.01. The molecule has 2 aromatic carbocycles. The first-order valence-corrected chi connectivity index (χ1v) is 12.9. The van der Waals surface area contributed by atoms with Crippen LogP contribution in [0.2, 0.25) is 0 Å². The number of aryl methyl sites for hydroxylation is 1. The topological polar surface area (TPSA) is 69.7 Å². The highest BCUT2D eigenvalue weighted by Gasteiger charge is 2.39. The fourth-order valence-electron chi connectivity index (χ4n) is 5.42. The van der Waals surface area contributed by atoms with Gasteiger partial charge in [-0.25, -0.2) is 4.39 Å². The Morgan fingerprint density at radius 3 is 2.61 bits per heavy atom. The van der Waals surface area contributed by atoms with E-state index in [2.05, 4.69) is 57.0 Å². The minimum Gasteiger partial charge on any atom is -0.364 e. The molecule has 2 aromatic rings. The average Bonchev–Trinajstić information content (AvgIpc) is 3.03. The first kappa shape index (κ1) is 25.9. The normalized spacial score (nSPS) is 20.3. The average molecular weight is 510 g/mol. The second-order valence-corrected chi connectivity index (χ2v) is 11.4. The van der Waals surface area contributed by atoms with E-state index in [1.54, 1.807) is 12.1 Å². The van der Waals surface area contributed by atoms with E-state index in [1.807, 2.05) is 6.92 Å². The molecule has 0 saturated carbocycles. The molecule has 190 valence electrons. The SMILES string of the molecule is Cc1cc2c(cc1/C=C1\SC(=O)N(CC(=O)Nc3ccccc3F)C1=O)[C@@H](C)CC(C)(C)N2C(C)C. The Morgan fingerprint density at radius 1 is 1.25 bits per heavy atom. The standard InChI is InChI=1S/C28H32FN3O3S/c1-16(2)32-23-11-17(3)19(12-20(23)18(4)14-28(32,5)6)13-24-26(34)31(27(35)36-24)15-25(33)30-22-10-8-7-9-21(22)29/h7-13,16,18H,14-15H2,1-6H3,(H,30,33)/b24-13-/t18-/m0/s1. The Morgan fingerprint density at radius 2 is 1.94 bits per heavy atom. The van der Waals surface area contributed by atoms with E-state index in [4.69, 9.17) is 0 Å². The largest absolute Gasteiger partial charge is 0.364 e. The molecule has 0 aliphatic carbocycles. The number of para-hydroxylation sites is 1. The van der Waals surface area contributed by atoms with Crippen LogP contribution in [0.25, 0.3) is 6.08 Å². The molecule has 0 spiro atoms. The summed E-state index contributed by atoms with van der Waals surface area (Å²) in [5, 5.41) is 1.90. The first-order chi connectivity index (χ1) is 16.9. The Balaban J connectivity index is 1.58. The van der Waals surface area contributed by atoms with Crippen molar-refractivity contribution in [2.75, 3.05) is 16.8 Å². The van der Waals surface area contributed by atoms with Gasteiger partial charge >= 0.3 is 0 Å². The summed E-state index contributed by atoms with van der Waals surface area (Å²) in [6, 6.07) is 10.4. The number of hydrogen-bond acceptors (Lipinski definition) is 5. The number of carbonyl (C=O) groups excluding carboxylic acids is 3. The third-order valence-corrected chi connectivity index (χ3v) is 7.70. The molecule has 2 aliphatic rings. The highest BCUT2D eigenvalue weighted by Crippen LogP contribution is 2.46. The van der Waals surface area contributed by atoms with E-state index in [1.165, 1.54) is 29.4 Å². The third kappa shape index (κ3) is 4.91. The quantitative estimate of drug-likeness (QED) is 0.479. The summed E-state index contributed by atoms with van der Waals surface area (Å²) in [5.74, 6) is -1.41. The maximum atomic E-state index is 13.8. The number of carbonyl (C=O) groups is 3. The number of benzene rings is 2. The molecule has 1 N–H and O–H groups in total. The van der Waals surface area contributed by atoms with Gasteiger partial charge in [0.15, 0.2) is 0 Å². The van der Waals surface area contributed by atoms with E-state index in [0.29, 0.717) is 12.0 Å². The molecule has 4 rings (SSSR count). The summed E-state index contributed by atoms with van der Waals surface area (Å²) < 4.78 is 13.8. The highest BCUT2D eigenvalue weighted by atomic mass is 32.2. The molecule has 0 aromatic heterocycles. The van der Waals surface area contributed by atoms with Crippen LogP contribution < -0.4 is 10.2 Å². The van der Waals surface area contributed by atoms with Gasteiger partial charge in [-0.2, -0.15) is 0 Å². The molecule has 1 saturated heterocycles. The number of imide groups is 1. The summed E-state index contributed by atoms with van der Waals surface area (Å²) in [4.78, 5) is 41.6. The van der Waals surface area contributed by atoms with E-state index in [9.17, 15) is 18.8 Å². The van der Waals surface area contributed by atoms with Crippen LogP contribution in [0, 0.1) is 12.7 Å². The van der Waals surface area contributed by atoms with Crippen molar-refractivity contribution in [1.82, 2.24) is 4.90 Å². The lowest BCUT2D eigenvalue weighted by Crippen LogP contribution is -2.51. The number of hydrogen-bond donors (Lipinski definition) is 1. The van der Waals surface area contributed by atoms with Crippen molar-refractivity contribution >= 4 is 46.3 Å². The minimum absolute atomic E-state index is 0.00226. The first-order valence-electron chi connectivity index (χ1n) is 12.1. The summed E-state index contributed by atoms with van der Waals surface area (Å²) in [6.45, 7) is 12.7. The van der Waals surface area contributed by atoms with Crippen molar-refractivity contribution in [2.24, 2.45) is 0 Å². The van der Waals surface area contributed by atoms with Gasteiger partial charge in [-0.3, -0.25) is 19.3 Å².